The second-order valence-electron chi connectivity index (χ2n) is 4.35. The lowest BCUT2D eigenvalue weighted by Gasteiger charge is -2.20. The predicted octanol–water partition coefficient (Wildman–Crippen LogP) is 4.02. The molecule has 0 aliphatic rings. The van der Waals surface area contributed by atoms with Crippen molar-refractivity contribution in [2.75, 3.05) is 6.26 Å². The molecule has 1 aromatic rings. The summed E-state index contributed by atoms with van der Waals surface area (Å²) in [5.74, 6) is -0.381. The van der Waals surface area contributed by atoms with Crippen LogP contribution >= 0.6 is 23.4 Å². The second-order valence-corrected chi connectivity index (χ2v) is 5.63. The number of ether oxygens (including phenoxy) is 1. The smallest absolute Gasteiger partial charge is 0.340 e. The Morgan fingerprint density at radius 1 is 1.38 bits per heavy atom. The predicted molar refractivity (Wildman–Crippen MR) is 68.4 cm³/mol. The molecule has 0 aromatic heterocycles. The standard InChI is InChI=1S/C12H15ClO2S/c1-12(2,3)15-11(14)9-7-8(16-4)5-6-10(9)13/h5-7H,1-4H3. The minimum absolute atomic E-state index is 0.381. The zero-order valence-corrected chi connectivity index (χ0v) is 11.4. The quantitative estimate of drug-likeness (QED) is 0.592. The fourth-order valence-electron chi connectivity index (χ4n) is 1.12. The van der Waals surface area contributed by atoms with Gasteiger partial charge in [-0.15, -0.1) is 11.8 Å². The first-order chi connectivity index (χ1) is 7.33. The minimum atomic E-state index is -0.504. The molecule has 2 nitrogen and oxygen atoms in total. The van der Waals surface area contributed by atoms with Gasteiger partial charge in [-0.05, 0) is 45.2 Å². The number of carbonyl (C=O) groups excluding carboxylic acids is 1. The second kappa shape index (κ2) is 5.11. The van der Waals surface area contributed by atoms with E-state index >= 15 is 0 Å². The number of halogens is 1. The van der Waals surface area contributed by atoms with E-state index in [2.05, 4.69) is 0 Å². The SMILES string of the molecule is CSc1ccc(Cl)c(C(=O)OC(C)(C)C)c1. The van der Waals surface area contributed by atoms with Crippen molar-refractivity contribution < 1.29 is 9.53 Å². The van der Waals surface area contributed by atoms with Gasteiger partial charge in [-0.1, -0.05) is 11.6 Å². The van der Waals surface area contributed by atoms with Gasteiger partial charge in [-0.25, -0.2) is 4.79 Å². The van der Waals surface area contributed by atoms with Crippen molar-refractivity contribution >= 4 is 29.3 Å². The van der Waals surface area contributed by atoms with Gasteiger partial charge in [0.25, 0.3) is 0 Å². The zero-order valence-electron chi connectivity index (χ0n) is 9.83. The largest absolute Gasteiger partial charge is 0.456 e. The number of thioether (sulfide) groups is 1. The zero-order chi connectivity index (χ0) is 12.3. The molecular weight excluding hydrogens is 244 g/mol. The monoisotopic (exact) mass is 258 g/mol. The summed E-state index contributed by atoms with van der Waals surface area (Å²) in [6.07, 6.45) is 1.95. The third-order valence-electron chi connectivity index (χ3n) is 1.79. The first-order valence-electron chi connectivity index (χ1n) is 4.90. The Kier molecular flexibility index (Phi) is 4.28. The van der Waals surface area contributed by atoms with Gasteiger partial charge < -0.3 is 4.74 Å². The molecule has 0 radical (unpaired) electrons. The average molecular weight is 259 g/mol. The molecule has 16 heavy (non-hydrogen) atoms. The minimum Gasteiger partial charge on any atom is -0.456 e. The molecule has 0 atom stereocenters. The summed E-state index contributed by atoms with van der Waals surface area (Å²) >= 11 is 7.53. The van der Waals surface area contributed by atoms with Gasteiger partial charge in [0, 0.05) is 4.90 Å². The number of hydrogen-bond acceptors (Lipinski definition) is 3. The first-order valence-corrected chi connectivity index (χ1v) is 6.50. The van der Waals surface area contributed by atoms with Crippen molar-refractivity contribution in [3.63, 3.8) is 0 Å². The fraction of sp³-hybridized carbons (Fsp3) is 0.417. The van der Waals surface area contributed by atoms with Crippen molar-refractivity contribution in [1.82, 2.24) is 0 Å². The van der Waals surface area contributed by atoms with Gasteiger partial charge in [0.15, 0.2) is 0 Å². The van der Waals surface area contributed by atoms with Crippen molar-refractivity contribution in [3.05, 3.63) is 28.8 Å². The van der Waals surface area contributed by atoms with Gasteiger partial charge in [0.2, 0.25) is 0 Å². The van der Waals surface area contributed by atoms with Crippen molar-refractivity contribution in [3.8, 4) is 0 Å². The third-order valence-corrected chi connectivity index (χ3v) is 2.85. The molecule has 88 valence electrons. The maximum Gasteiger partial charge on any atom is 0.340 e. The summed E-state index contributed by atoms with van der Waals surface area (Å²) in [5, 5.41) is 0.423. The number of esters is 1. The van der Waals surface area contributed by atoms with Crippen LogP contribution in [0.15, 0.2) is 23.1 Å². The summed E-state index contributed by atoms with van der Waals surface area (Å²) in [6, 6.07) is 5.34. The van der Waals surface area contributed by atoms with Crippen molar-refractivity contribution in [2.45, 2.75) is 31.3 Å². The Morgan fingerprint density at radius 2 is 2.00 bits per heavy atom. The van der Waals surface area contributed by atoms with Crippen LogP contribution in [0.3, 0.4) is 0 Å². The molecular formula is C12H15ClO2S. The van der Waals surface area contributed by atoms with Crippen LogP contribution in [0.25, 0.3) is 0 Å². The highest BCUT2D eigenvalue weighted by Crippen LogP contribution is 2.24. The van der Waals surface area contributed by atoms with Gasteiger partial charge in [-0.2, -0.15) is 0 Å². The Hall–Kier alpha value is -0.670. The summed E-state index contributed by atoms with van der Waals surface area (Å²) in [5.41, 5.74) is -0.0843. The van der Waals surface area contributed by atoms with E-state index in [9.17, 15) is 4.79 Å². The van der Waals surface area contributed by atoms with E-state index in [1.807, 2.05) is 33.1 Å². The fourth-order valence-corrected chi connectivity index (χ4v) is 1.76. The molecule has 0 spiro atoms. The van der Waals surface area contributed by atoms with Gasteiger partial charge in [0.1, 0.15) is 5.60 Å². The lowest BCUT2D eigenvalue weighted by molar-refractivity contribution is 0.00695. The van der Waals surface area contributed by atoms with E-state index < -0.39 is 5.60 Å². The molecule has 0 unspecified atom stereocenters. The van der Waals surface area contributed by atoms with E-state index in [0.29, 0.717) is 10.6 Å². The highest BCUT2D eigenvalue weighted by Gasteiger charge is 2.20. The molecule has 4 heteroatoms. The van der Waals surface area contributed by atoms with E-state index in [-0.39, 0.29) is 5.97 Å². The molecule has 0 heterocycles. The highest BCUT2D eigenvalue weighted by molar-refractivity contribution is 7.98. The van der Waals surface area contributed by atoms with Crippen LogP contribution in [0.5, 0.6) is 0 Å². The van der Waals surface area contributed by atoms with E-state index in [0.717, 1.165) is 4.90 Å². The lowest BCUT2D eigenvalue weighted by Crippen LogP contribution is -2.24. The molecule has 0 aliphatic carbocycles. The van der Waals surface area contributed by atoms with Crippen LogP contribution < -0.4 is 0 Å². The maximum atomic E-state index is 11.8. The summed E-state index contributed by atoms with van der Waals surface area (Å²) in [7, 11) is 0. The normalized spacial score (nSPS) is 11.3. The number of benzene rings is 1. The van der Waals surface area contributed by atoms with E-state index in [1.165, 1.54) is 0 Å². The molecule has 0 fully saturated rings. The van der Waals surface area contributed by atoms with E-state index in [1.54, 1.807) is 23.9 Å². The van der Waals surface area contributed by atoms with Crippen LogP contribution in [0, 0.1) is 0 Å². The van der Waals surface area contributed by atoms with Crippen molar-refractivity contribution in [2.24, 2.45) is 0 Å². The van der Waals surface area contributed by atoms with Gasteiger partial charge >= 0.3 is 5.97 Å². The summed E-state index contributed by atoms with van der Waals surface area (Å²) < 4.78 is 5.27. The number of rotatable bonds is 2. The molecule has 1 rings (SSSR count). The van der Waals surface area contributed by atoms with Crippen molar-refractivity contribution in [1.29, 1.82) is 0 Å². The van der Waals surface area contributed by atoms with Crippen LogP contribution in [0.2, 0.25) is 5.02 Å². The maximum absolute atomic E-state index is 11.8. The van der Waals surface area contributed by atoms with Crippen LogP contribution in [0.1, 0.15) is 31.1 Å². The van der Waals surface area contributed by atoms with Crippen LogP contribution in [-0.4, -0.2) is 17.8 Å². The van der Waals surface area contributed by atoms with E-state index in [4.69, 9.17) is 16.3 Å². The molecule has 0 aliphatic heterocycles. The van der Waals surface area contributed by atoms with Crippen LogP contribution in [0.4, 0.5) is 0 Å². The van der Waals surface area contributed by atoms with Crippen LogP contribution in [-0.2, 0) is 4.74 Å². The molecule has 0 N–H and O–H groups in total. The molecule has 1 aromatic carbocycles. The highest BCUT2D eigenvalue weighted by atomic mass is 35.5. The molecule has 0 saturated heterocycles. The Balaban J connectivity index is 2.98. The molecule has 0 saturated carbocycles. The number of hydrogen-bond donors (Lipinski definition) is 0. The Morgan fingerprint density at radius 3 is 2.50 bits per heavy atom. The van der Waals surface area contributed by atoms with Gasteiger partial charge in [0.05, 0.1) is 10.6 Å². The topological polar surface area (TPSA) is 26.3 Å². The molecule has 0 amide bonds. The lowest BCUT2D eigenvalue weighted by atomic mass is 10.1. The molecule has 0 bridgehead atoms. The Labute approximate surface area is 105 Å². The average Bonchev–Trinajstić information content (AvgIpc) is 2.15. The van der Waals surface area contributed by atoms with Gasteiger partial charge in [-0.3, -0.25) is 0 Å². The third kappa shape index (κ3) is 3.72. The number of carbonyl (C=O) groups is 1. The Bertz CT molecular complexity index is 396. The summed E-state index contributed by atoms with van der Waals surface area (Å²) in [6.45, 7) is 5.49. The first kappa shape index (κ1) is 13.4. The summed E-state index contributed by atoms with van der Waals surface area (Å²) in [4.78, 5) is 12.8.